The summed E-state index contributed by atoms with van der Waals surface area (Å²) in [7, 11) is 0.502. The van der Waals surface area contributed by atoms with Crippen LogP contribution < -0.4 is 19.1 Å². The molecule has 0 atom stereocenters. The molecule has 140 valence electrons. The molecule has 0 saturated carbocycles. The van der Waals surface area contributed by atoms with E-state index in [4.69, 9.17) is 9.47 Å². The lowest BCUT2D eigenvalue weighted by Gasteiger charge is -2.22. The SMILES string of the molecule is COc1cc(C(=O)Nc2ccc(F)cc2)c(N(C)S(C)(=O)=O)cc1OC. The smallest absolute Gasteiger partial charge is 0.257 e. The van der Waals surface area contributed by atoms with Crippen LogP contribution in [0, 0.1) is 5.82 Å². The first-order valence-corrected chi connectivity index (χ1v) is 9.29. The Morgan fingerprint density at radius 2 is 1.62 bits per heavy atom. The first kappa shape index (κ1) is 19.5. The number of nitrogens with one attached hydrogen (secondary N) is 1. The summed E-state index contributed by atoms with van der Waals surface area (Å²) in [6.07, 6.45) is 1.02. The van der Waals surface area contributed by atoms with Gasteiger partial charge in [-0.1, -0.05) is 0 Å². The third-order valence-corrected chi connectivity index (χ3v) is 4.88. The summed E-state index contributed by atoms with van der Waals surface area (Å²) >= 11 is 0. The first-order valence-electron chi connectivity index (χ1n) is 7.44. The Morgan fingerprint density at radius 1 is 1.08 bits per heavy atom. The molecule has 2 rings (SSSR count). The van der Waals surface area contributed by atoms with Crippen molar-refractivity contribution in [2.75, 3.05) is 37.1 Å². The van der Waals surface area contributed by atoms with Gasteiger partial charge in [-0.15, -0.1) is 0 Å². The number of hydrogen-bond acceptors (Lipinski definition) is 5. The second kappa shape index (κ2) is 7.61. The first-order chi connectivity index (χ1) is 12.2. The van der Waals surface area contributed by atoms with Gasteiger partial charge in [0.15, 0.2) is 11.5 Å². The van der Waals surface area contributed by atoms with Gasteiger partial charge in [0.2, 0.25) is 10.0 Å². The highest BCUT2D eigenvalue weighted by atomic mass is 32.2. The van der Waals surface area contributed by atoms with Gasteiger partial charge in [-0.3, -0.25) is 9.10 Å². The molecule has 0 saturated heterocycles. The van der Waals surface area contributed by atoms with Gasteiger partial charge in [0.25, 0.3) is 5.91 Å². The van der Waals surface area contributed by atoms with E-state index in [0.29, 0.717) is 5.69 Å². The van der Waals surface area contributed by atoms with Crippen LogP contribution in [-0.4, -0.2) is 41.8 Å². The number of methoxy groups -OCH3 is 2. The number of anilines is 2. The van der Waals surface area contributed by atoms with Gasteiger partial charge in [-0.05, 0) is 30.3 Å². The zero-order valence-corrected chi connectivity index (χ0v) is 15.6. The lowest BCUT2D eigenvalue weighted by atomic mass is 10.1. The van der Waals surface area contributed by atoms with Crippen LogP contribution in [0.5, 0.6) is 11.5 Å². The highest BCUT2D eigenvalue weighted by Gasteiger charge is 2.23. The fourth-order valence-corrected chi connectivity index (χ4v) is 2.73. The van der Waals surface area contributed by atoms with E-state index in [0.717, 1.165) is 10.6 Å². The molecule has 2 aromatic carbocycles. The molecule has 0 radical (unpaired) electrons. The van der Waals surface area contributed by atoms with Crippen molar-refractivity contribution in [2.24, 2.45) is 0 Å². The maximum Gasteiger partial charge on any atom is 0.257 e. The summed E-state index contributed by atoms with van der Waals surface area (Å²) in [6, 6.07) is 7.98. The fraction of sp³-hybridized carbons (Fsp3) is 0.235. The van der Waals surface area contributed by atoms with E-state index in [2.05, 4.69) is 5.32 Å². The van der Waals surface area contributed by atoms with Crippen molar-refractivity contribution in [3.63, 3.8) is 0 Å². The van der Waals surface area contributed by atoms with Gasteiger partial charge in [0.05, 0.1) is 31.7 Å². The minimum atomic E-state index is -3.63. The minimum Gasteiger partial charge on any atom is -0.493 e. The Labute approximate surface area is 151 Å². The van der Waals surface area contributed by atoms with E-state index in [1.165, 1.54) is 57.7 Å². The zero-order valence-electron chi connectivity index (χ0n) is 14.7. The highest BCUT2D eigenvalue weighted by Crippen LogP contribution is 2.36. The van der Waals surface area contributed by atoms with Crippen molar-refractivity contribution in [3.05, 3.63) is 47.8 Å². The topological polar surface area (TPSA) is 84.9 Å². The Kier molecular flexibility index (Phi) is 5.71. The molecule has 9 heteroatoms. The largest absolute Gasteiger partial charge is 0.493 e. The van der Waals surface area contributed by atoms with Crippen LogP contribution in [0.25, 0.3) is 0 Å². The number of ether oxygens (including phenoxy) is 2. The molecule has 2 aromatic rings. The molecule has 0 unspecified atom stereocenters. The van der Waals surface area contributed by atoms with Gasteiger partial charge in [-0.2, -0.15) is 0 Å². The molecular weight excluding hydrogens is 363 g/mol. The van der Waals surface area contributed by atoms with Crippen LogP contribution in [0.1, 0.15) is 10.4 Å². The molecule has 0 fully saturated rings. The standard InChI is InChI=1S/C17H19FN2O5S/c1-20(26(4,22)23)14-10-16(25-3)15(24-2)9-13(14)17(21)19-12-7-5-11(18)6-8-12/h5-10H,1-4H3,(H,19,21). The van der Waals surface area contributed by atoms with E-state index in [1.807, 2.05) is 0 Å². The number of hydrogen-bond donors (Lipinski definition) is 1. The maximum absolute atomic E-state index is 13.0. The summed E-state index contributed by atoms with van der Waals surface area (Å²) in [6.45, 7) is 0. The van der Waals surface area contributed by atoms with Crippen LogP contribution >= 0.6 is 0 Å². The number of benzene rings is 2. The summed E-state index contributed by atoms with van der Waals surface area (Å²) in [5.74, 6) is -0.478. The molecule has 0 aromatic heterocycles. The lowest BCUT2D eigenvalue weighted by Crippen LogP contribution is -2.28. The third kappa shape index (κ3) is 4.23. The molecule has 0 aliphatic carbocycles. The molecule has 0 spiro atoms. The molecule has 0 heterocycles. The van der Waals surface area contributed by atoms with Crippen molar-refractivity contribution in [1.29, 1.82) is 0 Å². The predicted molar refractivity (Wildman–Crippen MR) is 97.1 cm³/mol. The van der Waals surface area contributed by atoms with Crippen molar-refractivity contribution in [2.45, 2.75) is 0 Å². The average Bonchev–Trinajstić information content (AvgIpc) is 2.60. The van der Waals surface area contributed by atoms with Gasteiger partial charge in [-0.25, -0.2) is 12.8 Å². The van der Waals surface area contributed by atoms with Crippen molar-refractivity contribution < 1.29 is 27.1 Å². The number of amides is 1. The fourth-order valence-electron chi connectivity index (χ4n) is 2.22. The number of halogens is 1. The summed E-state index contributed by atoms with van der Waals surface area (Å²) in [4.78, 5) is 12.7. The maximum atomic E-state index is 13.0. The second-order valence-electron chi connectivity index (χ2n) is 5.42. The van der Waals surface area contributed by atoms with Crippen molar-refractivity contribution >= 4 is 27.3 Å². The normalized spacial score (nSPS) is 11.0. The summed E-state index contributed by atoms with van der Waals surface area (Å²) < 4.78 is 48.2. The van der Waals surface area contributed by atoms with Gasteiger partial charge in [0.1, 0.15) is 5.82 Å². The Morgan fingerprint density at radius 3 is 2.12 bits per heavy atom. The summed E-state index contributed by atoms with van der Waals surface area (Å²) in [5.41, 5.74) is 0.531. The third-order valence-electron chi connectivity index (χ3n) is 3.69. The van der Waals surface area contributed by atoms with E-state index in [-0.39, 0.29) is 22.7 Å². The monoisotopic (exact) mass is 382 g/mol. The van der Waals surface area contributed by atoms with E-state index in [1.54, 1.807) is 0 Å². The Hall–Kier alpha value is -2.81. The van der Waals surface area contributed by atoms with Crippen LogP contribution in [0.3, 0.4) is 0 Å². The predicted octanol–water partition coefficient (Wildman–Crippen LogP) is 2.49. The van der Waals surface area contributed by atoms with E-state index < -0.39 is 21.7 Å². The van der Waals surface area contributed by atoms with Gasteiger partial charge in [0, 0.05) is 18.8 Å². The molecule has 0 aliphatic rings. The van der Waals surface area contributed by atoms with Crippen LogP contribution in [0.2, 0.25) is 0 Å². The number of sulfonamides is 1. The Bertz CT molecular complexity index is 913. The second-order valence-corrected chi connectivity index (χ2v) is 7.43. The van der Waals surface area contributed by atoms with E-state index >= 15 is 0 Å². The molecule has 1 N–H and O–H groups in total. The summed E-state index contributed by atoms with van der Waals surface area (Å²) in [5, 5.41) is 2.60. The van der Waals surface area contributed by atoms with Crippen molar-refractivity contribution in [1.82, 2.24) is 0 Å². The van der Waals surface area contributed by atoms with Gasteiger partial charge < -0.3 is 14.8 Å². The average molecular weight is 382 g/mol. The van der Waals surface area contributed by atoms with E-state index in [9.17, 15) is 17.6 Å². The zero-order chi connectivity index (χ0) is 19.5. The molecule has 0 aliphatic heterocycles. The molecular formula is C17H19FN2O5S. The lowest BCUT2D eigenvalue weighted by molar-refractivity contribution is 0.102. The van der Waals surface area contributed by atoms with Crippen molar-refractivity contribution in [3.8, 4) is 11.5 Å². The number of rotatable bonds is 6. The van der Waals surface area contributed by atoms with Crippen LogP contribution in [0.15, 0.2) is 36.4 Å². The number of carbonyl (C=O) groups excluding carboxylic acids is 1. The molecule has 1 amide bonds. The van der Waals surface area contributed by atoms with Crippen LogP contribution in [-0.2, 0) is 10.0 Å². The molecule has 0 bridgehead atoms. The highest BCUT2D eigenvalue weighted by molar-refractivity contribution is 7.92. The number of nitrogens with zero attached hydrogens (tertiary/aromatic N) is 1. The molecule has 26 heavy (non-hydrogen) atoms. The van der Waals surface area contributed by atoms with Gasteiger partial charge >= 0.3 is 0 Å². The Balaban J connectivity index is 2.53. The minimum absolute atomic E-state index is 0.0555. The quantitative estimate of drug-likeness (QED) is 0.830. The number of carbonyl (C=O) groups is 1. The van der Waals surface area contributed by atoms with Crippen LogP contribution in [0.4, 0.5) is 15.8 Å². The molecule has 7 nitrogen and oxygen atoms in total.